The highest BCUT2D eigenvalue weighted by molar-refractivity contribution is 7.89. The van der Waals surface area contributed by atoms with Gasteiger partial charge in [0.25, 0.3) is 0 Å². The predicted octanol–water partition coefficient (Wildman–Crippen LogP) is 4.24. The van der Waals surface area contributed by atoms with Crippen LogP contribution in [0.15, 0.2) is 65.7 Å². The van der Waals surface area contributed by atoms with Crippen molar-refractivity contribution in [3.63, 3.8) is 0 Å². The van der Waals surface area contributed by atoms with Crippen LogP contribution in [-0.4, -0.2) is 35.8 Å². The predicted molar refractivity (Wildman–Crippen MR) is 114 cm³/mol. The molecular weight excluding hydrogens is 403 g/mol. The molecule has 0 spiro atoms. The highest BCUT2D eigenvalue weighted by Gasteiger charge is 2.31. The van der Waals surface area contributed by atoms with Crippen molar-refractivity contribution in [1.82, 2.24) is 14.3 Å². The summed E-state index contributed by atoms with van der Waals surface area (Å²) in [5.74, 6) is 0.263. The topological polar surface area (TPSA) is 75.2 Å². The molecule has 30 heavy (non-hydrogen) atoms. The molecule has 3 heterocycles. The van der Waals surface area contributed by atoms with Crippen molar-refractivity contribution in [2.75, 3.05) is 18.4 Å². The number of nitrogens with zero attached hydrogens (tertiary/aromatic N) is 3. The van der Waals surface area contributed by atoms with Crippen LogP contribution in [-0.2, 0) is 10.0 Å². The normalized spacial score (nSPS) is 17.6. The highest BCUT2D eigenvalue weighted by atomic mass is 32.2. The molecule has 1 N–H and O–H groups in total. The molecule has 0 radical (unpaired) electrons. The van der Waals surface area contributed by atoms with Crippen molar-refractivity contribution < 1.29 is 12.8 Å². The minimum atomic E-state index is -3.68. The van der Waals surface area contributed by atoms with Gasteiger partial charge in [0, 0.05) is 42.3 Å². The fraction of sp³-hybridized carbons (Fsp3) is 0.273. The molecule has 2 aromatic heterocycles. The summed E-state index contributed by atoms with van der Waals surface area (Å²) >= 11 is 0. The van der Waals surface area contributed by atoms with Gasteiger partial charge in [-0.05, 0) is 68.3 Å². The quantitative estimate of drug-likeness (QED) is 0.661. The number of anilines is 2. The monoisotopic (exact) mass is 426 g/mol. The second kappa shape index (κ2) is 8.49. The molecule has 8 heteroatoms. The largest absolute Gasteiger partial charge is 0.340 e. The fourth-order valence-electron chi connectivity index (χ4n) is 3.72. The number of piperidine rings is 1. The first-order valence-corrected chi connectivity index (χ1v) is 11.3. The summed E-state index contributed by atoms with van der Waals surface area (Å²) in [4.78, 5) is 9.06. The van der Waals surface area contributed by atoms with Crippen molar-refractivity contribution >= 4 is 21.5 Å². The molecule has 6 nitrogen and oxygen atoms in total. The van der Waals surface area contributed by atoms with Crippen LogP contribution < -0.4 is 5.32 Å². The standard InChI is InChI=1S/C22H23FN4O2S/c1-16-13-19(26-22-6-2-3-11-24-22)14-21(25-16)17-5-4-12-27(15-17)30(28,29)20-9-7-18(23)8-10-20/h2-3,6-11,13-14,17H,4-5,12,15H2,1H3,(H,24,25,26). The summed E-state index contributed by atoms with van der Waals surface area (Å²) in [6, 6.07) is 14.5. The summed E-state index contributed by atoms with van der Waals surface area (Å²) in [5.41, 5.74) is 2.58. The lowest BCUT2D eigenvalue weighted by atomic mass is 9.95. The third-order valence-electron chi connectivity index (χ3n) is 5.16. The van der Waals surface area contributed by atoms with Crippen molar-refractivity contribution in [1.29, 1.82) is 0 Å². The smallest absolute Gasteiger partial charge is 0.243 e. The first-order chi connectivity index (χ1) is 14.4. The number of nitrogens with one attached hydrogen (secondary N) is 1. The number of aromatic nitrogens is 2. The van der Waals surface area contributed by atoms with Gasteiger partial charge in [0.15, 0.2) is 0 Å². The van der Waals surface area contributed by atoms with E-state index < -0.39 is 15.8 Å². The summed E-state index contributed by atoms with van der Waals surface area (Å²) in [6.45, 7) is 2.71. The lowest BCUT2D eigenvalue weighted by Gasteiger charge is -2.32. The molecule has 0 amide bonds. The van der Waals surface area contributed by atoms with E-state index >= 15 is 0 Å². The average Bonchev–Trinajstić information content (AvgIpc) is 2.74. The molecule has 156 valence electrons. The van der Waals surface area contributed by atoms with E-state index in [9.17, 15) is 12.8 Å². The Morgan fingerprint density at radius 2 is 1.93 bits per heavy atom. The van der Waals surface area contributed by atoms with Gasteiger partial charge >= 0.3 is 0 Å². The number of sulfonamides is 1. The Hall–Kier alpha value is -2.84. The minimum Gasteiger partial charge on any atom is -0.340 e. The van der Waals surface area contributed by atoms with Crippen molar-refractivity contribution in [3.05, 3.63) is 78.0 Å². The first-order valence-electron chi connectivity index (χ1n) is 9.84. The van der Waals surface area contributed by atoms with Gasteiger partial charge in [0.2, 0.25) is 10.0 Å². The second-order valence-corrected chi connectivity index (χ2v) is 9.36. The van der Waals surface area contributed by atoms with Crippen LogP contribution in [0.5, 0.6) is 0 Å². The number of rotatable bonds is 5. The van der Waals surface area contributed by atoms with E-state index in [4.69, 9.17) is 0 Å². The SMILES string of the molecule is Cc1cc(Nc2ccccn2)cc(C2CCCN(S(=O)(=O)c3ccc(F)cc3)C2)n1. The van der Waals surface area contributed by atoms with Crippen molar-refractivity contribution in [2.24, 2.45) is 0 Å². The lowest BCUT2D eigenvalue weighted by Crippen LogP contribution is -2.39. The number of halogens is 1. The molecule has 4 rings (SSSR count). The molecule has 1 aromatic carbocycles. The Labute approximate surface area is 175 Å². The molecule has 1 saturated heterocycles. The van der Waals surface area contributed by atoms with E-state index in [1.165, 1.54) is 28.6 Å². The Morgan fingerprint density at radius 1 is 1.13 bits per heavy atom. The number of hydrogen-bond donors (Lipinski definition) is 1. The number of hydrogen-bond acceptors (Lipinski definition) is 5. The Morgan fingerprint density at radius 3 is 2.67 bits per heavy atom. The summed E-state index contributed by atoms with van der Waals surface area (Å²) < 4.78 is 40.7. The van der Waals surface area contributed by atoms with E-state index in [-0.39, 0.29) is 10.8 Å². The zero-order chi connectivity index (χ0) is 21.1. The van der Waals surface area contributed by atoms with Crippen LogP contribution in [0.4, 0.5) is 15.9 Å². The summed E-state index contributed by atoms with van der Waals surface area (Å²) in [6.07, 6.45) is 3.31. The highest BCUT2D eigenvalue weighted by Crippen LogP contribution is 2.31. The average molecular weight is 427 g/mol. The maximum atomic E-state index is 13.2. The number of pyridine rings is 2. The van der Waals surface area contributed by atoms with Crippen LogP contribution in [0, 0.1) is 12.7 Å². The summed E-state index contributed by atoms with van der Waals surface area (Å²) in [5, 5.41) is 3.28. The molecule has 0 bridgehead atoms. The molecule has 1 unspecified atom stereocenters. The van der Waals surface area contributed by atoms with Gasteiger partial charge in [-0.3, -0.25) is 4.98 Å². The zero-order valence-electron chi connectivity index (χ0n) is 16.6. The maximum Gasteiger partial charge on any atom is 0.243 e. The van der Waals surface area contributed by atoms with E-state index in [1.54, 1.807) is 6.20 Å². The van der Waals surface area contributed by atoms with Crippen LogP contribution in [0.3, 0.4) is 0 Å². The van der Waals surface area contributed by atoms with Gasteiger partial charge < -0.3 is 5.32 Å². The van der Waals surface area contributed by atoms with E-state index in [1.807, 2.05) is 37.3 Å². The molecule has 0 saturated carbocycles. The molecule has 3 aromatic rings. The van der Waals surface area contributed by atoms with Gasteiger partial charge in [0.05, 0.1) is 4.90 Å². The summed E-state index contributed by atoms with van der Waals surface area (Å²) in [7, 11) is -3.68. The van der Waals surface area contributed by atoms with Crippen LogP contribution in [0.1, 0.15) is 30.1 Å². The van der Waals surface area contributed by atoms with Gasteiger partial charge in [-0.25, -0.2) is 17.8 Å². The molecule has 1 fully saturated rings. The molecule has 1 aliphatic rings. The van der Waals surface area contributed by atoms with E-state index in [2.05, 4.69) is 15.3 Å². The van der Waals surface area contributed by atoms with Gasteiger partial charge in [-0.15, -0.1) is 0 Å². The van der Waals surface area contributed by atoms with Crippen LogP contribution in [0.2, 0.25) is 0 Å². The third kappa shape index (κ3) is 4.49. The molecule has 1 aliphatic heterocycles. The fourth-order valence-corrected chi connectivity index (χ4v) is 5.24. The molecule has 0 aliphatic carbocycles. The maximum absolute atomic E-state index is 13.2. The van der Waals surface area contributed by atoms with Crippen molar-refractivity contribution in [3.8, 4) is 0 Å². The molecular formula is C22H23FN4O2S. The van der Waals surface area contributed by atoms with Crippen LogP contribution >= 0.6 is 0 Å². The Kier molecular flexibility index (Phi) is 5.78. The number of aryl methyl sites for hydroxylation is 1. The first kappa shape index (κ1) is 20.4. The number of benzene rings is 1. The van der Waals surface area contributed by atoms with E-state index in [0.717, 1.165) is 35.7 Å². The minimum absolute atomic E-state index is 0.0156. The Bertz CT molecular complexity index is 1120. The van der Waals surface area contributed by atoms with Crippen LogP contribution in [0.25, 0.3) is 0 Å². The van der Waals surface area contributed by atoms with E-state index in [0.29, 0.717) is 13.1 Å². The zero-order valence-corrected chi connectivity index (χ0v) is 17.4. The van der Waals surface area contributed by atoms with Gasteiger partial charge in [-0.1, -0.05) is 6.07 Å². The second-order valence-electron chi connectivity index (χ2n) is 7.42. The molecule has 1 atom stereocenters. The lowest BCUT2D eigenvalue weighted by molar-refractivity contribution is 0.312. The van der Waals surface area contributed by atoms with Gasteiger partial charge in [0.1, 0.15) is 11.6 Å². The van der Waals surface area contributed by atoms with Crippen molar-refractivity contribution in [2.45, 2.75) is 30.6 Å². The Balaban J connectivity index is 1.56. The third-order valence-corrected chi connectivity index (χ3v) is 7.04. The van der Waals surface area contributed by atoms with Gasteiger partial charge in [-0.2, -0.15) is 4.31 Å².